The molecule has 0 aliphatic heterocycles. The molecular weight excluding hydrogens is 412 g/mol. The van der Waals surface area contributed by atoms with E-state index in [9.17, 15) is 4.79 Å². The van der Waals surface area contributed by atoms with E-state index in [2.05, 4.69) is 26.6 Å². The Morgan fingerprint density at radius 3 is 2.50 bits per heavy atom. The molecule has 2 aromatic carbocycles. The van der Waals surface area contributed by atoms with Crippen LogP contribution in [0.4, 0.5) is 11.4 Å². The quantitative estimate of drug-likeness (QED) is 0.431. The molecule has 0 atom stereocenters. The van der Waals surface area contributed by atoms with Gasteiger partial charge in [-0.2, -0.15) is 0 Å². The second kappa shape index (κ2) is 6.93. The molecule has 1 heterocycles. The van der Waals surface area contributed by atoms with Gasteiger partial charge >= 0.3 is 5.63 Å². The van der Waals surface area contributed by atoms with Crippen LogP contribution >= 0.6 is 39.7 Å². The zero-order valence-electron chi connectivity index (χ0n) is 12.5. The molecule has 24 heavy (non-hydrogen) atoms. The van der Waals surface area contributed by atoms with E-state index in [1.807, 2.05) is 31.2 Å². The average molecular weight is 424 g/mol. The van der Waals surface area contributed by atoms with Gasteiger partial charge in [-0.3, -0.25) is 0 Å². The summed E-state index contributed by atoms with van der Waals surface area (Å²) in [5.74, 6) is 0. The van der Waals surface area contributed by atoms with E-state index in [4.69, 9.17) is 28.2 Å². The molecule has 0 saturated heterocycles. The smallest absolute Gasteiger partial charge is 0.336 e. The zero-order valence-corrected chi connectivity index (χ0v) is 15.7. The zero-order chi connectivity index (χ0) is 17.3. The Hall–Kier alpha value is -1.89. The number of benzene rings is 2. The number of hydrogen-bond donors (Lipinski definition) is 2. The molecule has 3 rings (SSSR count). The number of aryl methyl sites for hydroxylation is 1. The molecular formula is C17H12BrClN2O2S. The predicted octanol–water partition coefficient (Wildman–Crippen LogP) is 5.33. The first kappa shape index (κ1) is 17.0. The fourth-order valence-corrected chi connectivity index (χ4v) is 2.93. The Labute approximate surface area is 156 Å². The van der Waals surface area contributed by atoms with Gasteiger partial charge in [0.2, 0.25) is 0 Å². The third-order valence-corrected chi connectivity index (χ3v) is 4.82. The van der Waals surface area contributed by atoms with E-state index >= 15 is 0 Å². The maximum atomic E-state index is 11.5. The van der Waals surface area contributed by atoms with Gasteiger partial charge in [0.05, 0.1) is 5.02 Å². The number of anilines is 2. The molecule has 0 aliphatic carbocycles. The van der Waals surface area contributed by atoms with Crippen molar-refractivity contribution in [2.45, 2.75) is 6.92 Å². The molecule has 0 spiro atoms. The summed E-state index contributed by atoms with van der Waals surface area (Å²) in [6.45, 7) is 1.87. The van der Waals surface area contributed by atoms with E-state index in [-0.39, 0.29) is 5.63 Å². The van der Waals surface area contributed by atoms with Crippen LogP contribution in [0.1, 0.15) is 5.56 Å². The molecule has 122 valence electrons. The van der Waals surface area contributed by atoms with Crippen LogP contribution in [0.5, 0.6) is 0 Å². The summed E-state index contributed by atoms with van der Waals surface area (Å²) in [6, 6.07) is 12.4. The molecule has 0 amide bonds. The van der Waals surface area contributed by atoms with E-state index in [1.165, 1.54) is 6.07 Å². The van der Waals surface area contributed by atoms with Crippen molar-refractivity contribution < 1.29 is 4.42 Å². The molecule has 0 radical (unpaired) electrons. The van der Waals surface area contributed by atoms with Crippen LogP contribution in [0, 0.1) is 6.92 Å². The van der Waals surface area contributed by atoms with Crippen LogP contribution in [-0.4, -0.2) is 5.11 Å². The molecule has 2 N–H and O–H groups in total. The van der Waals surface area contributed by atoms with Crippen LogP contribution in [0.15, 0.2) is 56.1 Å². The maximum Gasteiger partial charge on any atom is 0.336 e. The fraction of sp³-hybridized carbons (Fsp3) is 0.0588. The van der Waals surface area contributed by atoms with Crippen LogP contribution in [0.3, 0.4) is 0 Å². The van der Waals surface area contributed by atoms with Gasteiger partial charge in [-0.1, -0.05) is 11.6 Å². The minimum Gasteiger partial charge on any atom is -0.423 e. The number of nitrogens with one attached hydrogen (secondary N) is 2. The lowest BCUT2D eigenvalue weighted by atomic mass is 10.1. The van der Waals surface area contributed by atoms with Crippen molar-refractivity contribution in [2.75, 3.05) is 10.6 Å². The Kier molecular flexibility index (Phi) is 4.89. The Bertz CT molecular complexity index is 1000. The molecule has 0 aliphatic rings. The molecule has 3 aromatic rings. The fourth-order valence-electron chi connectivity index (χ4n) is 2.27. The van der Waals surface area contributed by atoms with Crippen molar-refractivity contribution in [3.63, 3.8) is 0 Å². The molecule has 7 heteroatoms. The third-order valence-electron chi connectivity index (χ3n) is 3.39. The number of halogens is 2. The molecule has 0 fully saturated rings. The minimum absolute atomic E-state index is 0.373. The van der Waals surface area contributed by atoms with Crippen LogP contribution in [0.2, 0.25) is 5.02 Å². The largest absolute Gasteiger partial charge is 0.423 e. The normalized spacial score (nSPS) is 10.6. The SMILES string of the molecule is Cc1cc(=O)oc2cc(NC(=S)Nc3ccc(Br)c(Cl)c3)ccc12. The van der Waals surface area contributed by atoms with E-state index < -0.39 is 0 Å². The molecule has 0 bridgehead atoms. The van der Waals surface area contributed by atoms with Crippen molar-refractivity contribution in [1.82, 2.24) is 0 Å². The van der Waals surface area contributed by atoms with Gasteiger partial charge in [0.15, 0.2) is 5.11 Å². The number of fused-ring (bicyclic) bond motifs is 1. The summed E-state index contributed by atoms with van der Waals surface area (Å²) in [5, 5.41) is 7.99. The monoisotopic (exact) mass is 422 g/mol. The lowest BCUT2D eigenvalue weighted by molar-refractivity contribution is 0.560. The first-order valence-corrected chi connectivity index (χ1v) is 8.58. The van der Waals surface area contributed by atoms with Crippen molar-refractivity contribution >= 4 is 67.2 Å². The van der Waals surface area contributed by atoms with Crippen LogP contribution < -0.4 is 16.3 Å². The Morgan fingerprint density at radius 1 is 1.12 bits per heavy atom. The summed E-state index contributed by atoms with van der Waals surface area (Å²) in [6.07, 6.45) is 0. The second-order valence-corrected chi connectivity index (χ2v) is 6.84. The molecule has 0 unspecified atom stereocenters. The highest BCUT2D eigenvalue weighted by Crippen LogP contribution is 2.26. The molecule has 4 nitrogen and oxygen atoms in total. The van der Waals surface area contributed by atoms with Gasteiger partial charge < -0.3 is 15.1 Å². The molecule has 1 aromatic heterocycles. The van der Waals surface area contributed by atoms with Gasteiger partial charge in [0.1, 0.15) is 5.58 Å². The van der Waals surface area contributed by atoms with Gasteiger partial charge in [-0.25, -0.2) is 4.79 Å². The maximum absolute atomic E-state index is 11.5. The van der Waals surface area contributed by atoms with E-state index in [0.717, 1.165) is 26.8 Å². The predicted molar refractivity (Wildman–Crippen MR) is 106 cm³/mol. The van der Waals surface area contributed by atoms with Crippen LogP contribution in [0.25, 0.3) is 11.0 Å². The number of hydrogen-bond acceptors (Lipinski definition) is 3. The third kappa shape index (κ3) is 3.77. The number of rotatable bonds is 2. The van der Waals surface area contributed by atoms with Crippen molar-refractivity contribution in [3.05, 3.63) is 67.9 Å². The highest BCUT2D eigenvalue weighted by molar-refractivity contribution is 9.10. The van der Waals surface area contributed by atoms with Crippen molar-refractivity contribution in [1.29, 1.82) is 0 Å². The highest BCUT2D eigenvalue weighted by atomic mass is 79.9. The van der Waals surface area contributed by atoms with Crippen molar-refractivity contribution in [2.24, 2.45) is 0 Å². The lowest BCUT2D eigenvalue weighted by Crippen LogP contribution is -2.19. The standard InChI is InChI=1S/C17H12BrClN2O2S/c1-9-6-16(22)23-15-8-11(2-4-12(9)15)21-17(24)20-10-3-5-13(18)14(19)7-10/h2-8H,1H3,(H2,20,21,24). The summed E-state index contributed by atoms with van der Waals surface area (Å²) < 4.78 is 6.04. The highest BCUT2D eigenvalue weighted by Gasteiger charge is 2.06. The van der Waals surface area contributed by atoms with Crippen molar-refractivity contribution in [3.8, 4) is 0 Å². The molecule has 0 saturated carbocycles. The summed E-state index contributed by atoms with van der Waals surface area (Å²) in [4.78, 5) is 11.5. The topological polar surface area (TPSA) is 54.3 Å². The van der Waals surface area contributed by atoms with Crippen LogP contribution in [-0.2, 0) is 0 Å². The van der Waals surface area contributed by atoms with Gasteiger partial charge in [0.25, 0.3) is 0 Å². The lowest BCUT2D eigenvalue weighted by Gasteiger charge is -2.12. The first-order chi connectivity index (χ1) is 11.4. The van der Waals surface area contributed by atoms with Gasteiger partial charge in [-0.05, 0) is 71.0 Å². The van der Waals surface area contributed by atoms with E-state index in [1.54, 1.807) is 12.1 Å². The summed E-state index contributed by atoms with van der Waals surface area (Å²) in [5.41, 5.74) is 2.50. The van der Waals surface area contributed by atoms with Gasteiger partial charge in [0, 0.05) is 33.4 Å². The average Bonchev–Trinajstić information content (AvgIpc) is 2.50. The Balaban J connectivity index is 1.80. The second-order valence-electron chi connectivity index (χ2n) is 5.17. The first-order valence-electron chi connectivity index (χ1n) is 7.00. The Morgan fingerprint density at radius 2 is 1.79 bits per heavy atom. The van der Waals surface area contributed by atoms with E-state index in [0.29, 0.717) is 15.7 Å². The minimum atomic E-state index is -0.373. The number of thiocarbonyl (C=S) groups is 1. The van der Waals surface area contributed by atoms with Gasteiger partial charge in [-0.15, -0.1) is 0 Å². The summed E-state index contributed by atoms with van der Waals surface area (Å²) >= 11 is 14.7. The summed E-state index contributed by atoms with van der Waals surface area (Å²) in [7, 11) is 0.